The minimum atomic E-state index is -4.63. The summed E-state index contributed by atoms with van der Waals surface area (Å²) >= 11 is 0.215. The van der Waals surface area contributed by atoms with E-state index < -0.39 is 26.9 Å². The van der Waals surface area contributed by atoms with Gasteiger partial charge in [-0.25, -0.2) is 8.42 Å². The van der Waals surface area contributed by atoms with E-state index in [1.807, 2.05) is 42.5 Å². The van der Waals surface area contributed by atoms with Gasteiger partial charge >= 0.3 is 6.18 Å². The van der Waals surface area contributed by atoms with E-state index in [4.69, 9.17) is 0 Å². The van der Waals surface area contributed by atoms with E-state index in [9.17, 15) is 26.4 Å². The molecule has 0 saturated carbocycles. The van der Waals surface area contributed by atoms with Crippen LogP contribution in [-0.4, -0.2) is 24.5 Å². The minimum Gasteiger partial charge on any atom is -0.297 e. The Morgan fingerprint density at radius 3 is 2.14 bits per heavy atom. The van der Waals surface area contributed by atoms with Gasteiger partial charge in [-0.15, -0.1) is 10.2 Å². The highest BCUT2D eigenvalue weighted by molar-refractivity contribution is 7.90. The third kappa shape index (κ3) is 6.43. The molecule has 3 aromatic carbocycles. The number of benzene rings is 3. The van der Waals surface area contributed by atoms with E-state index in [-0.39, 0.29) is 27.1 Å². The van der Waals surface area contributed by atoms with Crippen LogP contribution in [0.25, 0.3) is 17.2 Å². The first kappa shape index (κ1) is 25.3. The van der Waals surface area contributed by atoms with Gasteiger partial charge in [0.15, 0.2) is 9.84 Å². The monoisotopic (exact) mass is 529 g/mol. The van der Waals surface area contributed by atoms with Gasteiger partial charge in [-0.2, -0.15) is 13.2 Å². The number of rotatable bonds is 7. The summed E-state index contributed by atoms with van der Waals surface area (Å²) in [5, 5.41) is 7.04. The van der Waals surface area contributed by atoms with Crippen molar-refractivity contribution in [2.75, 3.05) is 5.32 Å². The van der Waals surface area contributed by atoms with E-state index >= 15 is 0 Å². The highest BCUT2D eigenvalue weighted by Gasteiger charge is 2.35. The minimum absolute atomic E-state index is 0.129. The number of anilines is 1. The number of aromatic nitrogens is 2. The summed E-state index contributed by atoms with van der Waals surface area (Å²) in [6.07, 6.45) is -2.13. The molecule has 1 amide bonds. The zero-order valence-electron chi connectivity index (χ0n) is 18.4. The fourth-order valence-corrected chi connectivity index (χ4v) is 5.18. The molecule has 0 atom stereocenters. The Bertz CT molecular complexity index is 1480. The van der Waals surface area contributed by atoms with Gasteiger partial charge in [-0.1, -0.05) is 78.1 Å². The molecule has 4 aromatic rings. The molecule has 0 saturated heterocycles. The van der Waals surface area contributed by atoms with Gasteiger partial charge in [-0.3, -0.25) is 10.1 Å². The fourth-order valence-electron chi connectivity index (χ4n) is 3.22. The Kier molecular flexibility index (Phi) is 7.32. The molecule has 0 radical (unpaired) electrons. The quantitative estimate of drug-likeness (QED) is 0.304. The van der Waals surface area contributed by atoms with Crippen molar-refractivity contribution in [1.82, 2.24) is 10.2 Å². The topological polar surface area (TPSA) is 89.0 Å². The Balaban J connectivity index is 1.37. The summed E-state index contributed by atoms with van der Waals surface area (Å²) in [6, 6.07) is 23.0. The van der Waals surface area contributed by atoms with Crippen molar-refractivity contribution in [3.63, 3.8) is 0 Å². The maximum Gasteiger partial charge on any atom is 0.445 e. The second-order valence-corrected chi connectivity index (χ2v) is 10.6. The van der Waals surface area contributed by atoms with Crippen molar-refractivity contribution >= 4 is 38.3 Å². The number of nitrogens with one attached hydrogen (secondary N) is 1. The molecule has 1 N–H and O–H groups in total. The summed E-state index contributed by atoms with van der Waals surface area (Å²) < 4.78 is 63.4. The van der Waals surface area contributed by atoms with E-state index in [2.05, 4.69) is 15.5 Å². The lowest BCUT2D eigenvalue weighted by Crippen LogP contribution is -2.07. The normalized spacial score (nSPS) is 12.1. The lowest BCUT2D eigenvalue weighted by atomic mass is 10.0. The molecule has 0 aliphatic heterocycles. The van der Waals surface area contributed by atoms with Crippen LogP contribution in [0.4, 0.5) is 18.3 Å². The maximum atomic E-state index is 12.8. The van der Waals surface area contributed by atoms with E-state index in [0.29, 0.717) is 11.1 Å². The number of alkyl halides is 3. The van der Waals surface area contributed by atoms with Crippen molar-refractivity contribution < 1.29 is 26.4 Å². The third-order valence-corrected chi connectivity index (χ3v) is 7.57. The molecule has 0 aliphatic rings. The lowest BCUT2D eigenvalue weighted by molar-refractivity contribution is -0.138. The summed E-state index contributed by atoms with van der Waals surface area (Å²) in [5.41, 5.74) is 3.22. The van der Waals surface area contributed by atoms with Crippen molar-refractivity contribution in [3.8, 4) is 11.1 Å². The van der Waals surface area contributed by atoms with Crippen LogP contribution in [0.15, 0.2) is 89.8 Å². The molecule has 0 unspecified atom stereocenters. The molecule has 184 valence electrons. The van der Waals surface area contributed by atoms with Gasteiger partial charge in [0, 0.05) is 6.08 Å². The predicted molar refractivity (Wildman–Crippen MR) is 132 cm³/mol. The molecule has 1 heterocycles. The first-order valence-electron chi connectivity index (χ1n) is 10.5. The van der Waals surface area contributed by atoms with Crippen molar-refractivity contribution in [3.05, 3.63) is 101 Å². The molecule has 0 bridgehead atoms. The number of hydrogen-bond donors (Lipinski definition) is 1. The number of amides is 1. The van der Waals surface area contributed by atoms with Crippen molar-refractivity contribution in [1.29, 1.82) is 0 Å². The van der Waals surface area contributed by atoms with Crippen LogP contribution >= 0.6 is 11.3 Å². The zero-order valence-corrected chi connectivity index (χ0v) is 20.1. The molecular formula is C25H18F3N3O3S2. The van der Waals surface area contributed by atoms with Crippen LogP contribution in [0.5, 0.6) is 0 Å². The highest BCUT2D eigenvalue weighted by Crippen LogP contribution is 2.33. The largest absolute Gasteiger partial charge is 0.445 e. The maximum absolute atomic E-state index is 12.8. The smallest absolute Gasteiger partial charge is 0.297 e. The number of carbonyl (C=O) groups excluding carboxylic acids is 1. The number of hydrogen-bond acceptors (Lipinski definition) is 6. The Morgan fingerprint density at radius 1 is 0.889 bits per heavy atom. The molecule has 11 heteroatoms. The molecule has 4 rings (SSSR count). The predicted octanol–water partition coefficient (Wildman–Crippen LogP) is 5.85. The van der Waals surface area contributed by atoms with Crippen LogP contribution in [0, 0.1) is 0 Å². The third-order valence-electron chi connectivity index (χ3n) is 4.98. The number of carbonyl (C=O) groups is 1. The average molecular weight is 530 g/mol. The number of nitrogens with zero attached hydrogens (tertiary/aromatic N) is 2. The first-order chi connectivity index (χ1) is 17.1. The number of sulfone groups is 1. The fraction of sp³-hybridized carbons (Fsp3) is 0.0800. The Labute approximate surface area is 209 Å². The second-order valence-electron chi connectivity index (χ2n) is 7.62. The SMILES string of the molecule is O=C(/C=C/c1ccc(S(=O)(=O)Cc2ccc(-c3ccccc3)cc2)cc1)Nc1nnc(C(F)(F)F)s1. The van der Waals surface area contributed by atoms with Gasteiger partial charge in [0.2, 0.25) is 16.0 Å². The molecule has 1 aromatic heterocycles. The molecule has 0 spiro atoms. The Morgan fingerprint density at radius 2 is 1.53 bits per heavy atom. The Hall–Kier alpha value is -3.83. The summed E-state index contributed by atoms with van der Waals surface area (Å²) in [6.45, 7) is 0. The van der Waals surface area contributed by atoms with Gasteiger partial charge in [-0.05, 0) is 40.5 Å². The average Bonchev–Trinajstić information content (AvgIpc) is 3.33. The molecule has 36 heavy (non-hydrogen) atoms. The van der Waals surface area contributed by atoms with Crippen molar-refractivity contribution in [2.24, 2.45) is 0 Å². The first-order valence-corrected chi connectivity index (χ1v) is 12.9. The zero-order chi connectivity index (χ0) is 25.8. The van der Waals surface area contributed by atoms with Gasteiger partial charge in [0.1, 0.15) is 0 Å². The second kappa shape index (κ2) is 10.4. The van der Waals surface area contributed by atoms with Crippen LogP contribution in [0.2, 0.25) is 0 Å². The van der Waals surface area contributed by atoms with Gasteiger partial charge in [0.25, 0.3) is 0 Å². The van der Waals surface area contributed by atoms with Crippen LogP contribution < -0.4 is 5.32 Å². The van der Waals surface area contributed by atoms with Crippen molar-refractivity contribution in [2.45, 2.75) is 16.8 Å². The van der Waals surface area contributed by atoms with Gasteiger partial charge in [0.05, 0.1) is 10.6 Å². The highest BCUT2D eigenvalue weighted by atomic mass is 32.2. The standard InChI is InChI=1S/C25H18F3N3O3S2/c26-25(27,28)23-30-31-24(35-23)29-22(32)15-10-17-8-13-21(14-9-17)36(33,34)16-18-6-11-20(12-7-18)19-4-2-1-3-5-19/h1-15H,16H2,(H,29,31,32)/b15-10+. The van der Waals surface area contributed by atoms with Gasteiger partial charge < -0.3 is 0 Å². The number of halogens is 3. The molecule has 0 aliphatic carbocycles. The van der Waals surface area contributed by atoms with E-state index in [1.54, 1.807) is 12.1 Å². The summed E-state index contributed by atoms with van der Waals surface area (Å²) in [5.74, 6) is -0.864. The van der Waals surface area contributed by atoms with Crippen LogP contribution in [0.1, 0.15) is 16.1 Å². The summed E-state index contributed by atoms with van der Waals surface area (Å²) in [7, 11) is -3.60. The molecular weight excluding hydrogens is 511 g/mol. The van der Waals surface area contributed by atoms with E-state index in [1.165, 1.54) is 30.3 Å². The summed E-state index contributed by atoms with van der Waals surface area (Å²) in [4.78, 5) is 12.1. The molecule has 0 fully saturated rings. The lowest BCUT2D eigenvalue weighted by Gasteiger charge is -2.07. The molecule has 6 nitrogen and oxygen atoms in total. The van der Waals surface area contributed by atoms with Crippen LogP contribution in [-0.2, 0) is 26.6 Å². The van der Waals surface area contributed by atoms with E-state index in [0.717, 1.165) is 17.2 Å². The van der Waals surface area contributed by atoms with Crippen LogP contribution in [0.3, 0.4) is 0 Å².